The first-order chi connectivity index (χ1) is 14.1. The second-order valence-corrected chi connectivity index (χ2v) is 7.92. The van der Waals surface area contributed by atoms with Crippen molar-refractivity contribution in [3.8, 4) is 5.69 Å². The summed E-state index contributed by atoms with van der Waals surface area (Å²) in [5.74, 6) is -0.711. The van der Waals surface area contributed by atoms with Crippen molar-refractivity contribution >= 4 is 21.6 Å². The van der Waals surface area contributed by atoms with Gasteiger partial charge in [-0.3, -0.25) is 4.79 Å². The van der Waals surface area contributed by atoms with Crippen molar-refractivity contribution in [2.45, 2.75) is 18.0 Å². The molecule has 158 valence electrons. The van der Waals surface area contributed by atoms with E-state index in [1.165, 1.54) is 11.0 Å². The van der Waals surface area contributed by atoms with E-state index in [1.54, 1.807) is 18.2 Å². The van der Waals surface area contributed by atoms with Gasteiger partial charge in [-0.25, -0.2) is 17.8 Å². The number of sulfonamides is 1. The summed E-state index contributed by atoms with van der Waals surface area (Å²) in [5.41, 5.74) is 0.673. The summed E-state index contributed by atoms with van der Waals surface area (Å²) >= 11 is 0. The van der Waals surface area contributed by atoms with Crippen molar-refractivity contribution in [2.24, 2.45) is 0 Å². The molecule has 0 bridgehead atoms. The van der Waals surface area contributed by atoms with E-state index < -0.39 is 39.1 Å². The Morgan fingerprint density at radius 2 is 1.93 bits per heavy atom. The number of benzene rings is 2. The number of hydrogen-bond donors (Lipinski definition) is 2. The highest BCUT2D eigenvalue weighted by molar-refractivity contribution is 7.89. The summed E-state index contributed by atoms with van der Waals surface area (Å²) in [7, 11) is -4.32. The molecular weight excluding hydrogens is 425 g/mol. The molecular formula is C17H15F3N6O3S. The van der Waals surface area contributed by atoms with Crippen molar-refractivity contribution in [3.63, 3.8) is 0 Å². The molecule has 3 aromatic rings. The molecule has 0 radical (unpaired) electrons. The number of rotatable bonds is 6. The molecule has 1 heterocycles. The number of carbonyl (C=O) groups excluding carboxylic acids is 1. The molecule has 0 aliphatic heterocycles. The van der Waals surface area contributed by atoms with E-state index in [9.17, 15) is 26.4 Å². The van der Waals surface area contributed by atoms with Gasteiger partial charge in [0.15, 0.2) is 0 Å². The first kappa shape index (κ1) is 21.4. The fraction of sp³-hybridized carbons (Fsp3) is 0.176. The average molecular weight is 440 g/mol. The van der Waals surface area contributed by atoms with Gasteiger partial charge in [-0.05, 0) is 53.2 Å². The van der Waals surface area contributed by atoms with E-state index in [4.69, 9.17) is 0 Å². The van der Waals surface area contributed by atoms with Crippen LogP contribution in [0.25, 0.3) is 5.69 Å². The molecule has 2 aromatic carbocycles. The van der Waals surface area contributed by atoms with E-state index >= 15 is 0 Å². The van der Waals surface area contributed by atoms with Crippen LogP contribution in [0.2, 0.25) is 0 Å². The van der Waals surface area contributed by atoms with E-state index in [-0.39, 0.29) is 0 Å². The van der Waals surface area contributed by atoms with Crippen LogP contribution < -0.4 is 10.0 Å². The fourth-order valence-electron chi connectivity index (χ4n) is 2.49. The Hall–Kier alpha value is -3.32. The summed E-state index contributed by atoms with van der Waals surface area (Å²) in [6, 6.07) is 8.13. The molecule has 1 aromatic heterocycles. The molecule has 30 heavy (non-hydrogen) atoms. The molecule has 1 amide bonds. The summed E-state index contributed by atoms with van der Waals surface area (Å²) in [5, 5.41) is 13.3. The maximum atomic E-state index is 12.8. The number of aromatic nitrogens is 4. The number of halogens is 3. The molecule has 0 fully saturated rings. The van der Waals surface area contributed by atoms with Crippen LogP contribution in [0.5, 0.6) is 0 Å². The van der Waals surface area contributed by atoms with Crippen molar-refractivity contribution in [1.82, 2.24) is 24.9 Å². The number of nitrogens with one attached hydrogen (secondary N) is 2. The summed E-state index contributed by atoms with van der Waals surface area (Å²) in [6.45, 7) is 1.14. The van der Waals surface area contributed by atoms with Gasteiger partial charge in [0.1, 0.15) is 6.33 Å². The zero-order valence-corrected chi connectivity index (χ0v) is 16.2. The quantitative estimate of drug-likeness (QED) is 0.604. The molecule has 0 spiro atoms. The Bertz CT molecular complexity index is 1160. The Kier molecular flexibility index (Phi) is 5.85. The van der Waals surface area contributed by atoms with Gasteiger partial charge in [-0.15, -0.1) is 5.10 Å². The van der Waals surface area contributed by atoms with Crippen LogP contribution >= 0.6 is 0 Å². The third kappa shape index (κ3) is 4.99. The lowest BCUT2D eigenvalue weighted by Gasteiger charge is -2.11. The van der Waals surface area contributed by atoms with E-state index in [1.807, 2.05) is 11.6 Å². The lowest BCUT2D eigenvalue weighted by atomic mass is 10.2. The molecule has 0 aliphatic carbocycles. The molecule has 0 aliphatic rings. The van der Waals surface area contributed by atoms with Gasteiger partial charge >= 0.3 is 6.18 Å². The van der Waals surface area contributed by atoms with E-state index in [0.29, 0.717) is 17.4 Å². The molecule has 2 N–H and O–H groups in total. The van der Waals surface area contributed by atoms with E-state index in [2.05, 4.69) is 20.8 Å². The Labute approximate surface area is 169 Å². The van der Waals surface area contributed by atoms with Gasteiger partial charge in [-0.2, -0.15) is 13.2 Å². The fourth-order valence-corrected chi connectivity index (χ4v) is 3.52. The van der Waals surface area contributed by atoms with Crippen LogP contribution in [-0.4, -0.2) is 41.1 Å². The van der Waals surface area contributed by atoms with Gasteiger partial charge in [-0.1, -0.05) is 12.1 Å². The predicted molar refractivity (Wildman–Crippen MR) is 99.2 cm³/mol. The number of anilines is 1. The minimum absolute atomic E-state index is 0.356. The van der Waals surface area contributed by atoms with Crippen LogP contribution in [0.3, 0.4) is 0 Å². The molecule has 0 saturated carbocycles. The van der Waals surface area contributed by atoms with Gasteiger partial charge in [0.25, 0.3) is 0 Å². The summed E-state index contributed by atoms with van der Waals surface area (Å²) < 4.78 is 66.2. The van der Waals surface area contributed by atoms with Crippen molar-refractivity contribution < 1.29 is 26.4 Å². The smallest absolute Gasteiger partial charge is 0.325 e. The Morgan fingerprint density at radius 1 is 1.17 bits per heavy atom. The van der Waals surface area contributed by atoms with Crippen molar-refractivity contribution in [2.75, 3.05) is 11.9 Å². The minimum Gasteiger partial charge on any atom is -0.325 e. The Morgan fingerprint density at radius 3 is 2.60 bits per heavy atom. The maximum Gasteiger partial charge on any atom is 0.416 e. The summed E-state index contributed by atoms with van der Waals surface area (Å²) in [6.07, 6.45) is -3.32. The third-order valence-corrected chi connectivity index (χ3v) is 5.38. The van der Waals surface area contributed by atoms with Gasteiger partial charge in [0.2, 0.25) is 15.9 Å². The third-order valence-electron chi connectivity index (χ3n) is 3.98. The highest BCUT2D eigenvalue weighted by Gasteiger charge is 2.31. The van der Waals surface area contributed by atoms with Crippen LogP contribution in [-0.2, 0) is 21.0 Å². The van der Waals surface area contributed by atoms with Crippen LogP contribution in [0.4, 0.5) is 18.9 Å². The highest BCUT2D eigenvalue weighted by atomic mass is 32.2. The number of amides is 1. The molecule has 0 unspecified atom stereocenters. The average Bonchev–Trinajstić information content (AvgIpc) is 3.22. The lowest BCUT2D eigenvalue weighted by molar-refractivity contribution is -0.137. The number of nitrogens with zero attached hydrogens (tertiary/aromatic N) is 4. The SMILES string of the molecule is Cc1ccc(NC(=O)CNS(=O)(=O)c2cccc(C(F)(F)F)c2)cc1-n1cnnn1. The van der Waals surface area contributed by atoms with Gasteiger partial charge < -0.3 is 5.32 Å². The number of hydrogen-bond acceptors (Lipinski definition) is 6. The topological polar surface area (TPSA) is 119 Å². The normalized spacial score (nSPS) is 12.0. The van der Waals surface area contributed by atoms with Crippen molar-refractivity contribution in [1.29, 1.82) is 0 Å². The molecule has 9 nitrogen and oxygen atoms in total. The van der Waals surface area contributed by atoms with Gasteiger partial charge in [0.05, 0.1) is 22.7 Å². The summed E-state index contributed by atoms with van der Waals surface area (Å²) in [4.78, 5) is 11.5. The highest BCUT2D eigenvalue weighted by Crippen LogP contribution is 2.30. The first-order valence-electron chi connectivity index (χ1n) is 8.37. The lowest BCUT2D eigenvalue weighted by Crippen LogP contribution is -2.33. The molecule has 0 saturated heterocycles. The first-order valence-corrected chi connectivity index (χ1v) is 9.85. The minimum atomic E-state index is -4.69. The number of aryl methyl sites for hydroxylation is 1. The predicted octanol–water partition coefficient (Wildman–Crippen LogP) is 1.91. The second kappa shape index (κ2) is 8.20. The van der Waals surface area contributed by atoms with E-state index in [0.717, 1.165) is 23.8 Å². The largest absolute Gasteiger partial charge is 0.416 e. The molecule has 13 heteroatoms. The van der Waals surface area contributed by atoms with Crippen LogP contribution in [0, 0.1) is 6.92 Å². The monoisotopic (exact) mass is 440 g/mol. The zero-order valence-electron chi connectivity index (χ0n) is 15.4. The van der Waals surface area contributed by atoms with Gasteiger partial charge in [0, 0.05) is 5.69 Å². The standard InChI is InChI=1S/C17H15F3N6O3S/c1-11-5-6-13(8-15(11)26-10-21-24-25-26)23-16(27)9-22-30(28,29)14-4-2-3-12(7-14)17(18,19)20/h2-8,10,22H,9H2,1H3,(H,23,27). The zero-order chi connectivity index (χ0) is 21.9. The molecule has 3 rings (SSSR count). The maximum absolute atomic E-state index is 12.8. The second-order valence-electron chi connectivity index (χ2n) is 6.15. The van der Waals surface area contributed by atoms with Crippen LogP contribution in [0.1, 0.15) is 11.1 Å². The number of alkyl halides is 3. The number of carbonyl (C=O) groups is 1. The number of tetrazole rings is 1. The van der Waals surface area contributed by atoms with Crippen LogP contribution in [0.15, 0.2) is 53.7 Å². The molecule has 0 atom stereocenters. The Balaban J connectivity index is 1.68. The van der Waals surface area contributed by atoms with Crippen molar-refractivity contribution in [3.05, 3.63) is 59.9 Å².